The minimum Gasteiger partial charge on any atom is -0.353 e. The van der Waals surface area contributed by atoms with E-state index in [1.165, 1.54) is 0 Å². The van der Waals surface area contributed by atoms with Crippen LogP contribution in [-0.4, -0.2) is 30.0 Å². The molecule has 26 heavy (non-hydrogen) atoms. The van der Waals surface area contributed by atoms with Gasteiger partial charge in [0.1, 0.15) is 5.82 Å². The first-order valence-corrected chi connectivity index (χ1v) is 8.54. The molecule has 0 spiro atoms. The number of hydrogen-bond donors (Lipinski definition) is 1. The number of halogens is 5. The molecule has 1 saturated heterocycles. The van der Waals surface area contributed by atoms with Gasteiger partial charge in [0.15, 0.2) is 0 Å². The van der Waals surface area contributed by atoms with Crippen LogP contribution in [0.3, 0.4) is 0 Å². The van der Waals surface area contributed by atoms with Gasteiger partial charge in [-0.05, 0) is 36.8 Å². The summed E-state index contributed by atoms with van der Waals surface area (Å²) in [5, 5.41) is 3.37. The van der Waals surface area contributed by atoms with E-state index < -0.39 is 11.7 Å². The van der Waals surface area contributed by atoms with Gasteiger partial charge in [0.2, 0.25) is 0 Å². The Labute approximate surface area is 157 Å². The second kappa shape index (κ2) is 7.32. The van der Waals surface area contributed by atoms with Gasteiger partial charge < -0.3 is 10.2 Å². The third-order valence-electron chi connectivity index (χ3n) is 4.08. The zero-order valence-electron chi connectivity index (χ0n) is 13.4. The first kappa shape index (κ1) is 18.8. The summed E-state index contributed by atoms with van der Waals surface area (Å²) in [6.07, 6.45) is -3.09. The Morgan fingerprint density at radius 1 is 1.23 bits per heavy atom. The summed E-state index contributed by atoms with van der Waals surface area (Å²) in [6.45, 7) is 0.945. The molecule has 1 aliphatic heterocycles. The lowest BCUT2D eigenvalue weighted by atomic mass is 10.2. The Kier molecular flexibility index (Phi) is 5.29. The smallest absolute Gasteiger partial charge is 0.353 e. The molecule has 0 unspecified atom stereocenters. The molecule has 0 bridgehead atoms. The second-order valence-electron chi connectivity index (χ2n) is 5.94. The van der Waals surface area contributed by atoms with E-state index in [9.17, 15) is 18.0 Å². The molecule has 138 valence electrons. The van der Waals surface area contributed by atoms with Crippen LogP contribution in [0.15, 0.2) is 36.5 Å². The predicted molar refractivity (Wildman–Crippen MR) is 93.8 cm³/mol. The Bertz CT molecular complexity index is 812. The number of pyridine rings is 1. The fourth-order valence-corrected chi connectivity index (χ4v) is 3.17. The fourth-order valence-electron chi connectivity index (χ4n) is 2.76. The van der Waals surface area contributed by atoms with Crippen molar-refractivity contribution in [3.8, 4) is 0 Å². The van der Waals surface area contributed by atoms with Gasteiger partial charge in [0.25, 0.3) is 5.91 Å². The predicted octanol–water partition coefficient (Wildman–Crippen LogP) is 4.42. The number of nitrogens with one attached hydrogen (secondary N) is 1. The molecule has 1 aromatic heterocycles. The number of nitrogens with zero attached hydrogens (tertiary/aromatic N) is 2. The molecule has 0 aliphatic carbocycles. The summed E-state index contributed by atoms with van der Waals surface area (Å²) in [7, 11) is 0. The highest BCUT2D eigenvalue weighted by molar-refractivity contribution is 6.33. The molecule has 0 radical (unpaired) electrons. The molecule has 1 fully saturated rings. The quantitative estimate of drug-likeness (QED) is 0.824. The second-order valence-corrected chi connectivity index (χ2v) is 6.78. The highest BCUT2D eigenvalue weighted by atomic mass is 35.5. The zero-order chi connectivity index (χ0) is 18.9. The normalized spacial score (nSPS) is 17.4. The molecular weight excluding hydrogens is 390 g/mol. The van der Waals surface area contributed by atoms with E-state index >= 15 is 0 Å². The number of benzene rings is 1. The van der Waals surface area contributed by atoms with Gasteiger partial charge in [0, 0.05) is 35.9 Å². The first-order chi connectivity index (χ1) is 12.2. The number of hydrogen-bond acceptors (Lipinski definition) is 3. The number of rotatable bonds is 3. The lowest BCUT2D eigenvalue weighted by molar-refractivity contribution is -0.137. The minimum absolute atomic E-state index is 0.0653. The molecule has 9 heteroatoms. The van der Waals surface area contributed by atoms with E-state index in [0.29, 0.717) is 30.1 Å². The van der Waals surface area contributed by atoms with Crippen molar-refractivity contribution in [2.75, 3.05) is 18.0 Å². The van der Waals surface area contributed by atoms with Crippen LogP contribution in [-0.2, 0) is 6.18 Å². The van der Waals surface area contributed by atoms with Gasteiger partial charge >= 0.3 is 6.18 Å². The zero-order valence-corrected chi connectivity index (χ0v) is 14.9. The van der Waals surface area contributed by atoms with E-state index in [1.807, 2.05) is 0 Å². The minimum atomic E-state index is -4.49. The summed E-state index contributed by atoms with van der Waals surface area (Å²) >= 11 is 11.8. The lowest BCUT2D eigenvalue weighted by Gasteiger charge is -2.20. The molecule has 1 N–H and O–H groups in total. The third-order valence-corrected chi connectivity index (χ3v) is 4.61. The van der Waals surface area contributed by atoms with E-state index in [-0.39, 0.29) is 22.8 Å². The van der Waals surface area contributed by atoms with Crippen molar-refractivity contribution in [1.82, 2.24) is 10.3 Å². The lowest BCUT2D eigenvalue weighted by Crippen LogP contribution is -2.37. The van der Waals surface area contributed by atoms with E-state index in [0.717, 1.165) is 12.3 Å². The average molecular weight is 404 g/mol. The summed E-state index contributed by atoms with van der Waals surface area (Å²) < 4.78 is 38.1. The molecule has 1 amide bonds. The molecule has 1 atom stereocenters. The maximum absolute atomic E-state index is 12.7. The molecule has 2 aromatic rings. The molecule has 1 aromatic carbocycles. The molecule has 3 rings (SSSR count). The SMILES string of the molecule is O=C(N[C@H]1CCN(c2ncc(C(F)(F)F)cc2Cl)C1)c1ccc(Cl)cc1. The Hall–Kier alpha value is -1.99. The van der Waals surface area contributed by atoms with Crippen LogP contribution < -0.4 is 10.2 Å². The topological polar surface area (TPSA) is 45.2 Å². The number of amides is 1. The Balaban J connectivity index is 1.65. The first-order valence-electron chi connectivity index (χ1n) is 7.78. The van der Waals surface area contributed by atoms with Gasteiger partial charge in [-0.25, -0.2) is 4.98 Å². The van der Waals surface area contributed by atoms with Crippen LogP contribution >= 0.6 is 23.2 Å². The highest BCUT2D eigenvalue weighted by Crippen LogP contribution is 2.34. The largest absolute Gasteiger partial charge is 0.417 e. The van der Waals surface area contributed by atoms with Gasteiger partial charge in [0.05, 0.1) is 10.6 Å². The summed E-state index contributed by atoms with van der Waals surface area (Å²) in [5.74, 6) is 0.0444. The van der Waals surface area contributed by atoms with Crippen LogP contribution in [0.5, 0.6) is 0 Å². The van der Waals surface area contributed by atoms with Gasteiger partial charge in [-0.15, -0.1) is 0 Å². The summed E-state index contributed by atoms with van der Waals surface area (Å²) in [5.41, 5.74) is -0.406. The number of carbonyl (C=O) groups is 1. The molecule has 0 saturated carbocycles. The van der Waals surface area contributed by atoms with E-state index in [2.05, 4.69) is 10.3 Å². The Morgan fingerprint density at radius 2 is 1.92 bits per heavy atom. The molecule has 1 aliphatic rings. The van der Waals surface area contributed by atoms with Gasteiger partial charge in [-0.3, -0.25) is 4.79 Å². The monoisotopic (exact) mass is 403 g/mol. The molecule has 4 nitrogen and oxygen atoms in total. The van der Waals surface area contributed by atoms with Gasteiger partial charge in [-0.1, -0.05) is 23.2 Å². The average Bonchev–Trinajstić information content (AvgIpc) is 3.02. The van der Waals surface area contributed by atoms with Crippen molar-refractivity contribution in [3.05, 3.63) is 57.7 Å². The highest BCUT2D eigenvalue weighted by Gasteiger charge is 2.33. The third kappa shape index (κ3) is 4.22. The van der Waals surface area contributed by atoms with Crippen molar-refractivity contribution in [3.63, 3.8) is 0 Å². The molecule has 2 heterocycles. The maximum Gasteiger partial charge on any atom is 0.417 e. The number of aromatic nitrogens is 1. The van der Waals surface area contributed by atoms with Crippen molar-refractivity contribution >= 4 is 34.9 Å². The van der Waals surface area contributed by atoms with Crippen molar-refractivity contribution in [1.29, 1.82) is 0 Å². The van der Waals surface area contributed by atoms with Crippen LogP contribution in [0.25, 0.3) is 0 Å². The summed E-state index contributed by atoms with van der Waals surface area (Å²) in [6, 6.07) is 7.21. The van der Waals surface area contributed by atoms with Crippen LogP contribution in [0.2, 0.25) is 10.0 Å². The maximum atomic E-state index is 12.7. The van der Waals surface area contributed by atoms with Crippen LogP contribution in [0, 0.1) is 0 Å². The number of anilines is 1. The number of alkyl halides is 3. The van der Waals surface area contributed by atoms with E-state index in [4.69, 9.17) is 23.2 Å². The van der Waals surface area contributed by atoms with Crippen molar-refractivity contribution in [2.45, 2.75) is 18.6 Å². The van der Waals surface area contributed by atoms with Gasteiger partial charge in [-0.2, -0.15) is 13.2 Å². The van der Waals surface area contributed by atoms with Crippen LogP contribution in [0.4, 0.5) is 19.0 Å². The van der Waals surface area contributed by atoms with Crippen molar-refractivity contribution in [2.24, 2.45) is 0 Å². The Morgan fingerprint density at radius 3 is 2.54 bits per heavy atom. The fraction of sp³-hybridized carbons (Fsp3) is 0.294. The van der Waals surface area contributed by atoms with Crippen LogP contribution in [0.1, 0.15) is 22.3 Å². The summed E-state index contributed by atoms with van der Waals surface area (Å²) in [4.78, 5) is 17.9. The standard InChI is InChI=1S/C17H14Cl2F3N3O/c18-12-3-1-10(2-4-12)16(26)24-13-5-6-25(9-13)15-14(19)7-11(8-23-15)17(20,21)22/h1-4,7-8,13H,5-6,9H2,(H,24,26)/t13-/m0/s1. The molecular formula is C17H14Cl2F3N3O. The van der Waals surface area contributed by atoms with Crippen molar-refractivity contribution < 1.29 is 18.0 Å². The number of carbonyl (C=O) groups excluding carboxylic acids is 1. The van der Waals surface area contributed by atoms with E-state index in [1.54, 1.807) is 29.2 Å².